The Morgan fingerprint density at radius 2 is 2.50 bits per heavy atom. The highest BCUT2D eigenvalue weighted by atomic mass is 79.9. The number of aliphatic imine (C=N–C) groups is 1. The second-order valence-corrected chi connectivity index (χ2v) is 3.48. The van der Waals surface area contributed by atoms with Gasteiger partial charge in [0.25, 0.3) is 0 Å². The fourth-order valence-corrected chi connectivity index (χ4v) is 1.26. The molecule has 0 aliphatic carbocycles. The molecular formula is C7H8BrNO3. The highest BCUT2D eigenvalue weighted by Crippen LogP contribution is 2.28. The Morgan fingerprint density at radius 3 is 3.00 bits per heavy atom. The van der Waals surface area contributed by atoms with Crippen molar-refractivity contribution in [2.75, 3.05) is 7.11 Å². The molecule has 0 saturated carbocycles. The van der Waals surface area contributed by atoms with E-state index in [1.54, 1.807) is 6.08 Å². The Labute approximate surface area is 78.1 Å². The second kappa shape index (κ2) is 3.37. The summed E-state index contributed by atoms with van der Waals surface area (Å²) >= 11 is 3.01. The summed E-state index contributed by atoms with van der Waals surface area (Å²) in [5, 5.41) is 9.38. The van der Waals surface area contributed by atoms with Crippen molar-refractivity contribution >= 4 is 28.1 Å². The first-order chi connectivity index (χ1) is 5.61. The van der Waals surface area contributed by atoms with Crippen LogP contribution in [0.5, 0.6) is 0 Å². The van der Waals surface area contributed by atoms with Gasteiger partial charge in [-0.2, -0.15) is 0 Å². The van der Waals surface area contributed by atoms with Gasteiger partial charge in [0.15, 0.2) is 0 Å². The zero-order valence-corrected chi connectivity index (χ0v) is 7.98. The van der Waals surface area contributed by atoms with Gasteiger partial charge in [-0.25, -0.2) is 4.79 Å². The largest absolute Gasteiger partial charge is 0.466 e. The van der Waals surface area contributed by atoms with E-state index in [-0.39, 0.29) is 0 Å². The maximum absolute atomic E-state index is 11.1. The molecule has 1 aliphatic rings. The summed E-state index contributed by atoms with van der Waals surface area (Å²) in [5.41, 5.74) is 0. The summed E-state index contributed by atoms with van der Waals surface area (Å²) in [6.45, 7) is 0. The minimum absolute atomic E-state index is 0.615. The van der Waals surface area contributed by atoms with E-state index in [0.29, 0.717) is 0 Å². The highest BCUT2D eigenvalue weighted by Gasteiger charge is 2.43. The van der Waals surface area contributed by atoms with E-state index in [4.69, 9.17) is 0 Å². The number of dihydropyridines is 1. The first kappa shape index (κ1) is 9.41. The number of esters is 1. The van der Waals surface area contributed by atoms with Gasteiger partial charge in [0.2, 0.25) is 4.45 Å². The Bertz CT molecular complexity index is 251. The number of alkyl halides is 1. The molecule has 5 heteroatoms. The number of nitrogens with zero attached hydrogens (tertiary/aromatic N) is 1. The number of hydrogen-bond acceptors (Lipinski definition) is 4. The molecule has 4 nitrogen and oxygen atoms in total. The third-order valence-corrected chi connectivity index (χ3v) is 2.50. The van der Waals surface area contributed by atoms with Crippen LogP contribution < -0.4 is 0 Å². The fraction of sp³-hybridized carbons (Fsp3) is 0.429. The smallest absolute Gasteiger partial charge is 0.347 e. The third-order valence-electron chi connectivity index (χ3n) is 1.51. The van der Waals surface area contributed by atoms with Crippen LogP contribution in [-0.2, 0) is 9.53 Å². The maximum Gasteiger partial charge on any atom is 0.347 e. The lowest BCUT2D eigenvalue weighted by atomic mass is 10.1. The van der Waals surface area contributed by atoms with Crippen LogP contribution in [0.2, 0.25) is 0 Å². The summed E-state index contributed by atoms with van der Waals surface area (Å²) in [6.07, 6.45) is 3.46. The molecule has 0 radical (unpaired) electrons. The number of allylic oxidation sites excluding steroid dienone is 1. The SMILES string of the molecule is COC(=O)C1(Br)N=CC=CC1O. The summed E-state index contributed by atoms with van der Waals surface area (Å²) in [6, 6.07) is 0. The van der Waals surface area contributed by atoms with Crippen molar-refractivity contribution in [2.45, 2.75) is 10.6 Å². The van der Waals surface area contributed by atoms with E-state index in [1.165, 1.54) is 19.4 Å². The molecule has 0 aromatic heterocycles. The molecule has 1 rings (SSSR count). The molecule has 12 heavy (non-hydrogen) atoms. The monoisotopic (exact) mass is 233 g/mol. The van der Waals surface area contributed by atoms with Gasteiger partial charge in [0.1, 0.15) is 6.10 Å². The van der Waals surface area contributed by atoms with E-state index in [9.17, 15) is 9.90 Å². The van der Waals surface area contributed by atoms with Gasteiger partial charge in [0.05, 0.1) is 7.11 Å². The lowest BCUT2D eigenvalue weighted by Crippen LogP contribution is -2.43. The van der Waals surface area contributed by atoms with Crippen molar-refractivity contribution in [3.8, 4) is 0 Å². The molecule has 0 amide bonds. The minimum atomic E-state index is -1.36. The number of carbonyl (C=O) groups excluding carboxylic acids is 1. The standard InChI is InChI=1S/C7H8BrNO3/c1-12-6(11)7(8)5(10)3-2-4-9-7/h2-5,10H,1H3. The van der Waals surface area contributed by atoms with E-state index < -0.39 is 16.5 Å². The van der Waals surface area contributed by atoms with Crippen molar-refractivity contribution in [1.82, 2.24) is 0 Å². The van der Waals surface area contributed by atoms with Crippen molar-refractivity contribution < 1.29 is 14.6 Å². The molecule has 1 N–H and O–H groups in total. The molecule has 66 valence electrons. The number of aliphatic hydroxyl groups is 1. The van der Waals surface area contributed by atoms with Gasteiger partial charge in [-0.05, 0) is 22.0 Å². The van der Waals surface area contributed by atoms with Crippen LogP contribution in [0.3, 0.4) is 0 Å². The Balaban J connectivity index is 2.90. The van der Waals surface area contributed by atoms with Crippen LogP contribution in [-0.4, -0.2) is 35.0 Å². The second-order valence-electron chi connectivity index (χ2n) is 2.27. The van der Waals surface area contributed by atoms with Crippen molar-refractivity contribution in [2.24, 2.45) is 4.99 Å². The minimum Gasteiger partial charge on any atom is -0.466 e. The summed E-state index contributed by atoms with van der Waals surface area (Å²) in [4.78, 5) is 14.9. The summed E-state index contributed by atoms with van der Waals surface area (Å²) in [5.74, 6) is -0.615. The Kier molecular flexibility index (Phi) is 2.64. The molecule has 2 atom stereocenters. The molecule has 0 spiro atoms. The first-order valence-electron chi connectivity index (χ1n) is 3.28. The molecule has 2 unspecified atom stereocenters. The topological polar surface area (TPSA) is 58.9 Å². The zero-order chi connectivity index (χ0) is 9.19. The predicted molar refractivity (Wildman–Crippen MR) is 47.3 cm³/mol. The average Bonchev–Trinajstić information content (AvgIpc) is 2.09. The quantitative estimate of drug-likeness (QED) is 0.402. The number of rotatable bonds is 1. The Hall–Kier alpha value is -0.680. The van der Waals surface area contributed by atoms with E-state index in [2.05, 4.69) is 25.7 Å². The van der Waals surface area contributed by atoms with Crippen molar-refractivity contribution in [3.05, 3.63) is 12.2 Å². The summed E-state index contributed by atoms with van der Waals surface area (Å²) < 4.78 is 3.11. The van der Waals surface area contributed by atoms with Gasteiger partial charge in [0, 0.05) is 6.21 Å². The number of aliphatic hydroxyl groups excluding tert-OH is 1. The molecule has 0 saturated heterocycles. The predicted octanol–water partition coefficient (Wildman–Crippen LogP) is 0.252. The van der Waals surface area contributed by atoms with Gasteiger partial charge < -0.3 is 9.84 Å². The average molecular weight is 234 g/mol. The molecule has 1 heterocycles. The van der Waals surface area contributed by atoms with Crippen LogP contribution in [0.25, 0.3) is 0 Å². The van der Waals surface area contributed by atoms with E-state index >= 15 is 0 Å². The van der Waals surface area contributed by atoms with Crippen LogP contribution in [0.4, 0.5) is 0 Å². The molecule has 0 bridgehead atoms. The van der Waals surface area contributed by atoms with Gasteiger partial charge in [-0.1, -0.05) is 6.08 Å². The molecule has 0 aromatic rings. The van der Waals surface area contributed by atoms with Crippen molar-refractivity contribution in [3.63, 3.8) is 0 Å². The molecule has 0 fully saturated rings. The third kappa shape index (κ3) is 1.42. The first-order valence-corrected chi connectivity index (χ1v) is 4.08. The number of carbonyl (C=O) groups is 1. The van der Waals surface area contributed by atoms with Gasteiger partial charge >= 0.3 is 5.97 Å². The van der Waals surface area contributed by atoms with Gasteiger partial charge in [-0.3, -0.25) is 4.99 Å². The van der Waals surface area contributed by atoms with Crippen molar-refractivity contribution in [1.29, 1.82) is 0 Å². The fourth-order valence-electron chi connectivity index (χ4n) is 0.827. The van der Waals surface area contributed by atoms with Crippen LogP contribution >= 0.6 is 15.9 Å². The van der Waals surface area contributed by atoms with Gasteiger partial charge in [-0.15, -0.1) is 0 Å². The zero-order valence-electron chi connectivity index (χ0n) is 6.40. The summed E-state index contributed by atoms with van der Waals surface area (Å²) in [7, 11) is 1.24. The van der Waals surface area contributed by atoms with Crippen LogP contribution in [0.15, 0.2) is 17.1 Å². The van der Waals surface area contributed by atoms with E-state index in [1.807, 2.05) is 0 Å². The normalized spacial score (nSPS) is 33.4. The number of halogens is 1. The molecule has 1 aliphatic heterocycles. The molecule has 0 aromatic carbocycles. The number of ether oxygens (including phenoxy) is 1. The maximum atomic E-state index is 11.1. The lowest BCUT2D eigenvalue weighted by molar-refractivity contribution is -0.145. The van der Waals surface area contributed by atoms with E-state index in [0.717, 1.165) is 0 Å². The number of hydrogen-bond donors (Lipinski definition) is 1. The Morgan fingerprint density at radius 1 is 1.83 bits per heavy atom. The lowest BCUT2D eigenvalue weighted by Gasteiger charge is -2.25. The van der Waals surface area contributed by atoms with Crippen LogP contribution in [0, 0.1) is 0 Å². The highest BCUT2D eigenvalue weighted by molar-refractivity contribution is 9.10. The van der Waals surface area contributed by atoms with Crippen LogP contribution in [0.1, 0.15) is 0 Å². The number of methoxy groups -OCH3 is 1. The molecular weight excluding hydrogens is 226 g/mol.